The number of benzene rings is 1. The highest BCUT2D eigenvalue weighted by Crippen LogP contribution is 2.30. The van der Waals surface area contributed by atoms with Gasteiger partial charge in [-0.2, -0.15) is 20.7 Å². The van der Waals surface area contributed by atoms with E-state index in [-0.39, 0.29) is 5.56 Å². The minimum atomic E-state index is -1.03. The third-order valence-electron chi connectivity index (χ3n) is 4.00. The van der Waals surface area contributed by atoms with Crippen LogP contribution in [0.25, 0.3) is 0 Å². The first-order valence-electron chi connectivity index (χ1n) is 7.10. The molecule has 0 unspecified atom stereocenters. The lowest BCUT2D eigenvalue weighted by Gasteiger charge is -2.38. The predicted octanol–water partition coefficient (Wildman–Crippen LogP) is 1.30. The Hall–Kier alpha value is -2.30. The minimum Gasteiger partial charge on any atom is -0.382 e. The minimum absolute atomic E-state index is 0.0431. The molecule has 1 fully saturated rings. The van der Waals surface area contributed by atoms with Gasteiger partial charge in [-0.15, -0.1) is 0 Å². The van der Waals surface area contributed by atoms with Crippen LogP contribution < -0.4 is 0 Å². The van der Waals surface area contributed by atoms with Crippen LogP contribution in [0.5, 0.6) is 0 Å². The van der Waals surface area contributed by atoms with E-state index in [0.29, 0.717) is 25.2 Å². The molecule has 22 heavy (non-hydrogen) atoms. The normalized spacial score (nSPS) is 22.4. The van der Waals surface area contributed by atoms with Crippen molar-refractivity contribution in [3.05, 3.63) is 47.0 Å². The number of nitriles is 1. The molecule has 1 aromatic heterocycles. The van der Waals surface area contributed by atoms with Crippen LogP contribution in [0.15, 0.2) is 24.4 Å². The van der Waals surface area contributed by atoms with Gasteiger partial charge in [0.25, 0.3) is 0 Å². The maximum absolute atomic E-state index is 13.7. The molecule has 2 aromatic rings. The van der Waals surface area contributed by atoms with Crippen molar-refractivity contribution in [2.75, 3.05) is 13.1 Å². The van der Waals surface area contributed by atoms with Crippen LogP contribution in [-0.4, -0.2) is 38.5 Å². The van der Waals surface area contributed by atoms with Crippen molar-refractivity contribution in [1.82, 2.24) is 20.3 Å². The van der Waals surface area contributed by atoms with Gasteiger partial charge >= 0.3 is 0 Å². The van der Waals surface area contributed by atoms with Crippen LogP contribution in [0.2, 0.25) is 0 Å². The first-order chi connectivity index (χ1) is 10.6. The van der Waals surface area contributed by atoms with Gasteiger partial charge in [-0.1, -0.05) is 6.07 Å². The van der Waals surface area contributed by atoms with E-state index in [1.807, 2.05) is 6.07 Å². The SMILES string of the molecule is N#Cc1ccc(CN2CCC[C@@](O)(c3cn[nH]n3)C2)cc1F. The summed E-state index contributed by atoms with van der Waals surface area (Å²) in [5, 5.41) is 29.7. The Kier molecular flexibility index (Phi) is 3.88. The van der Waals surface area contributed by atoms with E-state index in [2.05, 4.69) is 20.3 Å². The maximum atomic E-state index is 13.7. The Labute approximate surface area is 127 Å². The molecular weight excluding hydrogens is 285 g/mol. The van der Waals surface area contributed by atoms with Crippen LogP contribution >= 0.6 is 0 Å². The van der Waals surface area contributed by atoms with Gasteiger partial charge < -0.3 is 5.11 Å². The van der Waals surface area contributed by atoms with Crippen LogP contribution in [0.4, 0.5) is 4.39 Å². The summed E-state index contributed by atoms with van der Waals surface area (Å²) < 4.78 is 13.7. The maximum Gasteiger partial charge on any atom is 0.141 e. The summed E-state index contributed by atoms with van der Waals surface area (Å²) in [6.07, 6.45) is 2.98. The lowest BCUT2D eigenvalue weighted by molar-refractivity contribution is -0.0414. The zero-order chi connectivity index (χ0) is 15.6. The molecule has 7 heteroatoms. The molecule has 2 heterocycles. The molecule has 6 nitrogen and oxygen atoms in total. The molecule has 1 aliphatic rings. The first kappa shape index (κ1) is 14.6. The summed E-state index contributed by atoms with van der Waals surface area (Å²) >= 11 is 0. The van der Waals surface area contributed by atoms with Crippen molar-refractivity contribution in [1.29, 1.82) is 5.26 Å². The average Bonchev–Trinajstić information content (AvgIpc) is 3.03. The van der Waals surface area contributed by atoms with Gasteiger partial charge in [0.15, 0.2) is 0 Å². The Morgan fingerprint density at radius 2 is 2.36 bits per heavy atom. The monoisotopic (exact) mass is 301 g/mol. The number of H-pyrrole nitrogens is 1. The number of β-amino-alcohol motifs (C(OH)–C–C–N with tert-alkyl or cyclic N) is 1. The van der Waals surface area contributed by atoms with Gasteiger partial charge in [-0.05, 0) is 37.1 Å². The van der Waals surface area contributed by atoms with Crippen LogP contribution in [0, 0.1) is 17.1 Å². The third-order valence-corrected chi connectivity index (χ3v) is 4.00. The fraction of sp³-hybridized carbons (Fsp3) is 0.400. The number of likely N-dealkylation sites (tertiary alicyclic amines) is 1. The lowest BCUT2D eigenvalue weighted by atomic mass is 9.90. The molecule has 0 bridgehead atoms. The van der Waals surface area contributed by atoms with Crippen molar-refractivity contribution in [3.8, 4) is 6.07 Å². The van der Waals surface area contributed by atoms with E-state index in [1.54, 1.807) is 6.07 Å². The van der Waals surface area contributed by atoms with Crippen LogP contribution in [0.1, 0.15) is 29.7 Å². The highest BCUT2D eigenvalue weighted by atomic mass is 19.1. The molecule has 1 atom stereocenters. The molecule has 1 saturated heterocycles. The number of piperidine rings is 1. The van der Waals surface area contributed by atoms with Gasteiger partial charge in [0.2, 0.25) is 0 Å². The summed E-state index contributed by atoms with van der Waals surface area (Å²) in [5.74, 6) is -0.510. The fourth-order valence-corrected chi connectivity index (χ4v) is 2.90. The Morgan fingerprint density at radius 3 is 3.05 bits per heavy atom. The van der Waals surface area contributed by atoms with Gasteiger partial charge in [-0.25, -0.2) is 4.39 Å². The quantitative estimate of drug-likeness (QED) is 0.892. The molecule has 0 spiro atoms. The van der Waals surface area contributed by atoms with Gasteiger partial charge in [0, 0.05) is 13.1 Å². The number of hydrogen-bond acceptors (Lipinski definition) is 5. The highest BCUT2D eigenvalue weighted by molar-refractivity contribution is 5.33. The molecule has 2 N–H and O–H groups in total. The number of nitrogens with zero attached hydrogens (tertiary/aromatic N) is 4. The zero-order valence-corrected chi connectivity index (χ0v) is 12.0. The van der Waals surface area contributed by atoms with E-state index < -0.39 is 11.4 Å². The summed E-state index contributed by atoms with van der Waals surface area (Å²) in [4.78, 5) is 2.05. The highest BCUT2D eigenvalue weighted by Gasteiger charge is 2.37. The molecule has 0 radical (unpaired) electrons. The van der Waals surface area contributed by atoms with Crippen LogP contribution in [-0.2, 0) is 12.1 Å². The Bertz CT molecular complexity index is 696. The number of nitrogens with one attached hydrogen (secondary N) is 1. The molecule has 1 aliphatic heterocycles. The van der Waals surface area contributed by atoms with Gasteiger partial charge in [-0.3, -0.25) is 4.90 Å². The zero-order valence-electron chi connectivity index (χ0n) is 12.0. The molecule has 0 aliphatic carbocycles. The number of rotatable bonds is 3. The van der Waals surface area contributed by atoms with Gasteiger partial charge in [0.1, 0.15) is 23.2 Å². The topological polar surface area (TPSA) is 88.8 Å². The largest absolute Gasteiger partial charge is 0.382 e. The number of aromatic nitrogens is 3. The van der Waals surface area contributed by atoms with Crippen molar-refractivity contribution in [2.45, 2.75) is 25.0 Å². The van der Waals surface area contributed by atoms with E-state index in [0.717, 1.165) is 18.5 Å². The standard InChI is InChI=1S/C15H16FN5O/c16-13-6-11(2-3-12(13)7-17)9-21-5-1-4-15(22,10-21)14-8-18-20-19-14/h2-3,6,8,22H,1,4-5,9-10H2,(H,18,19,20)/t15-/m0/s1. The number of aromatic amines is 1. The third kappa shape index (κ3) is 2.84. The van der Waals surface area contributed by atoms with E-state index >= 15 is 0 Å². The molecular formula is C15H16FN5O. The predicted molar refractivity (Wildman–Crippen MR) is 75.9 cm³/mol. The second kappa shape index (κ2) is 5.83. The molecule has 0 saturated carbocycles. The average molecular weight is 301 g/mol. The molecule has 0 amide bonds. The van der Waals surface area contributed by atoms with E-state index in [4.69, 9.17) is 5.26 Å². The number of aliphatic hydroxyl groups is 1. The number of halogens is 1. The van der Waals surface area contributed by atoms with Crippen molar-refractivity contribution < 1.29 is 9.50 Å². The van der Waals surface area contributed by atoms with E-state index in [1.165, 1.54) is 18.3 Å². The summed E-state index contributed by atoms with van der Waals surface area (Å²) in [5.41, 5.74) is 0.321. The number of hydrogen-bond donors (Lipinski definition) is 2. The van der Waals surface area contributed by atoms with Crippen LogP contribution in [0.3, 0.4) is 0 Å². The smallest absolute Gasteiger partial charge is 0.141 e. The Balaban J connectivity index is 1.73. The summed E-state index contributed by atoms with van der Waals surface area (Å²) in [6, 6.07) is 6.41. The summed E-state index contributed by atoms with van der Waals surface area (Å²) in [7, 11) is 0. The van der Waals surface area contributed by atoms with Crippen molar-refractivity contribution in [2.24, 2.45) is 0 Å². The second-order valence-corrected chi connectivity index (χ2v) is 5.63. The molecule has 1 aromatic carbocycles. The summed E-state index contributed by atoms with van der Waals surface area (Å²) in [6.45, 7) is 1.76. The fourth-order valence-electron chi connectivity index (χ4n) is 2.90. The second-order valence-electron chi connectivity index (χ2n) is 5.63. The molecule has 114 valence electrons. The van der Waals surface area contributed by atoms with Crippen molar-refractivity contribution in [3.63, 3.8) is 0 Å². The first-order valence-corrected chi connectivity index (χ1v) is 7.10. The van der Waals surface area contributed by atoms with Crippen molar-refractivity contribution >= 4 is 0 Å². The Morgan fingerprint density at radius 1 is 1.50 bits per heavy atom. The van der Waals surface area contributed by atoms with E-state index in [9.17, 15) is 9.50 Å². The molecule has 3 rings (SSSR count). The van der Waals surface area contributed by atoms with Gasteiger partial charge in [0.05, 0.1) is 11.8 Å². The lowest BCUT2D eigenvalue weighted by Crippen LogP contribution is -2.45.